The Bertz CT molecular complexity index is 2420. The summed E-state index contributed by atoms with van der Waals surface area (Å²) < 4.78 is 7.51. The summed E-state index contributed by atoms with van der Waals surface area (Å²) >= 11 is 4.35. The first-order chi connectivity index (χ1) is 18.8. The Labute approximate surface area is 235 Å². The average molecular weight is 615 g/mol. The van der Waals surface area contributed by atoms with E-state index in [1.807, 2.05) is 11.3 Å². The van der Waals surface area contributed by atoms with Gasteiger partial charge in [0.2, 0.25) is 0 Å². The fourth-order valence-electron chi connectivity index (χ4n) is 6.46. The highest BCUT2D eigenvalue weighted by atomic mass is 127. The average Bonchev–Trinajstić information content (AvgIpc) is 3.61. The predicted octanol–water partition coefficient (Wildman–Crippen LogP) is 10.6. The molecule has 0 fully saturated rings. The molecular formula is C34H19IN2S. The zero-order valence-corrected chi connectivity index (χ0v) is 23.1. The van der Waals surface area contributed by atoms with Gasteiger partial charge in [-0.2, -0.15) is 0 Å². The third-order valence-corrected chi connectivity index (χ3v) is 10.2. The molecule has 0 spiro atoms. The van der Waals surface area contributed by atoms with Crippen LogP contribution in [0.5, 0.6) is 0 Å². The monoisotopic (exact) mass is 614 g/mol. The fourth-order valence-corrected chi connectivity index (χ4v) is 8.47. The van der Waals surface area contributed by atoms with Crippen LogP contribution in [0.15, 0.2) is 115 Å². The standard InChI is InChI=1S/C34H19IN2S/c35-37-28-15-7-4-13-25(28)32-31-24-12-3-6-14-27(24)36(33(31)22-10-1-2-11-23(22)34(32)37)20-17-18-30-26(19-20)21-9-5-8-16-29(21)38-30/h1-19H. The van der Waals surface area contributed by atoms with E-state index in [1.165, 1.54) is 80.2 Å². The second-order valence-corrected chi connectivity index (χ2v) is 12.0. The molecule has 0 N–H and O–H groups in total. The van der Waals surface area contributed by atoms with E-state index in [9.17, 15) is 0 Å². The summed E-state index contributed by atoms with van der Waals surface area (Å²) in [6, 6.07) is 42.4. The van der Waals surface area contributed by atoms with Gasteiger partial charge >= 0.3 is 0 Å². The van der Waals surface area contributed by atoms with Gasteiger partial charge in [0.15, 0.2) is 0 Å². The highest BCUT2D eigenvalue weighted by molar-refractivity contribution is 14.1. The van der Waals surface area contributed by atoms with Crippen molar-refractivity contribution in [2.24, 2.45) is 0 Å². The van der Waals surface area contributed by atoms with Crippen molar-refractivity contribution in [1.82, 2.24) is 7.35 Å². The van der Waals surface area contributed by atoms with E-state index in [-0.39, 0.29) is 0 Å². The van der Waals surface area contributed by atoms with Crippen LogP contribution in [0.4, 0.5) is 0 Å². The SMILES string of the molecule is In1c2ccccc2c2c3c4ccccc4n(-c4ccc5sc6ccccc6c5c4)c3c3ccccc3c21. The maximum atomic E-state index is 2.50. The van der Waals surface area contributed by atoms with Gasteiger partial charge in [0.1, 0.15) is 0 Å². The zero-order chi connectivity index (χ0) is 25.0. The van der Waals surface area contributed by atoms with E-state index in [2.05, 4.69) is 145 Å². The predicted molar refractivity (Wildman–Crippen MR) is 174 cm³/mol. The van der Waals surface area contributed by atoms with Gasteiger partial charge in [-0.25, -0.2) is 0 Å². The van der Waals surface area contributed by atoms with E-state index in [4.69, 9.17) is 0 Å². The molecule has 0 atom stereocenters. The minimum absolute atomic E-state index is 1.20. The molecule has 0 saturated heterocycles. The molecular weight excluding hydrogens is 595 g/mol. The number of rotatable bonds is 1. The second kappa shape index (κ2) is 7.59. The largest absolute Gasteiger partial charge is 0.309 e. The summed E-state index contributed by atoms with van der Waals surface area (Å²) in [7, 11) is 0. The second-order valence-electron chi connectivity index (χ2n) is 9.92. The van der Waals surface area contributed by atoms with Crippen LogP contribution >= 0.6 is 34.2 Å². The maximum absolute atomic E-state index is 2.50. The minimum Gasteiger partial charge on any atom is -0.309 e. The van der Waals surface area contributed by atoms with Crippen molar-refractivity contribution in [3.8, 4) is 5.69 Å². The molecule has 9 rings (SSSR count). The number of halogens is 1. The van der Waals surface area contributed by atoms with Crippen molar-refractivity contribution in [2.45, 2.75) is 0 Å². The van der Waals surface area contributed by atoms with Crippen molar-refractivity contribution >= 4 is 109 Å². The van der Waals surface area contributed by atoms with Crippen molar-refractivity contribution in [1.29, 1.82) is 0 Å². The number of thiophene rings is 1. The molecule has 4 heteroatoms. The van der Waals surface area contributed by atoms with Crippen LogP contribution in [0.3, 0.4) is 0 Å². The Kier molecular flexibility index (Phi) is 4.22. The van der Waals surface area contributed by atoms with E-state index < -0.39 is 0 Å². The Morgan fingerprint density at radius 3 is 1.82 bits per heavy atom. The summed E-state index contributed by atoms with van der Waals surface area (Å²) in [4.78, 5) is 0. The molecule has 178 valence electrons. The summed E-state index contributed by atoms with van der Waals surface area (Å²) in [6.07, 6.45) is 0. The maximum Gasteiger partial charge on any atom is 0.0676 e. The van der Waals surface area contributed by atoms with Crippen molar-refractivity contribution in [2.75, 3.05) is 0 Å². The fraction of sp³-hybridized carbons (Fsp3) is 0. The van der Waals surface area contributed by atoms with Crippen molar-refractivity contribution < 1.29 is 0 Å². The molecule has 0 unspecified atom stereocenters. The highest BCUT2D eigenvalue weighted by Gasteiger charge is 2.23. The summed E-state index contributed by atoms with van der Waals surface area (Å²) in [6.45, 7) is 0. The van der Waals surface area contributed by atoms with Crippen molar-refractivity contribution in [3.63, 3.8) is 0 Å². The molecule has 9 aromatic rings. The van der Waals surface area contributed by atoms with Crippen LogP contribution in [0.25, 0.3) is 80.2 Å². The topological polar surface area (TPSA) is 9.86 Å². The molecule has 0 saturated carbocycles. The van der Waals surface area contributed by atoms with Crippen LogP contribution < -0.4 is 0 Å². The van der Waals surface area contributed by atoms with Crippen LogP contribution in [0.2, 0.25) is 0 Å². The Morgan fingerprint density at radius 2 is 1.03 bits per heavy atom. The molecule has 0 radical (unpaired) electrons. The van der Waals surface area contributed by atoms with E-state index in [1.54, 1.807) is 0 Å². The van der Waals surface area contributed by atoms with Gasteiger partial charge in [-0.05, 0) is 36.4 Å². The van der Waals surface area contributed by atoms with Gasteiger partial charge in [0, 0.05) is 58.2 Å². The lowest BCUT2D eigenvalue weighted by atomic mass is 9.99. The Morgan fingerprint density at radius 1 is 0.474 bits per heavy atom. The van der Waals surface area contributed by atoms with E-state index >= 15 is 0 Å². The molecule has 0 aliphatic carbocycles. The molecule has 6 aromatic carbocycles. The number of para-hydroxylation sites is 2. The number of hydrogen-bond donors (Lipinski definition) is 0. The molecule has 0 amide bonds. The first-order valence-electron chi connectivity index (χ1n) is 12.7. The van der Waals surface area contributed by atoms with E-state index in [0.717, 1.165) is 0 Å². The van der Waals surface area contributed by atoms with Crippen LogP contribution in [-0.2, 0) is 0 Å². The molecule has 38 heavy (non-hydrogen) atoms. The van der Waals surface area contributed by atoms with Gasteiger partial charge < -0.3 is 4.57 Å². The van der Waals surface area contributed by atoms with Gasteiger partial charge in [-0.15, -0.1) is 11.3 Å². The van der Waals surface area contributed by atoms with E-state index in [0.29, 0.717) is 0 Å². The smallest absolute Gasteiger partial charge is 0.0676 e. The molecule has 0 aliphatic heterocycles. The quantitative estimate of drug-likeness (QED) is 0.163. The van der Waals surface area contributed by atoms with Gasteiger partial charge in [0.05, 0.1) is 44.9 Å². The summed E-state index contributed by atoms with van der Waals surface area (Å²) in [5, 5.41) is 10.5. The first kappa shape index (κ1) is 21.1. The number of benzene rings is 6. The van der Waals surface area contributed by atoms with Gasteiger partial charge in [-0.3, -0.25) is 2.78 Å². The normalized spacial score (nSPS) is 12.3. The highest BCUT2D eigenvalue weighted by Crippen LogP contribution is 2.47. The summed E-state index contributed by atoms with van der Waals surface area (Å²) in [5.41, 5.74) is 6.26. The third kappa shape index (κ3) is 2.61. The molecule has 0 aliphatic rings. The van der Waals surface area contributed by atoms with Gasteiger partial charge in [0.25, 0.3) is 0 Å². The lowest BCUT2D eigenvalue weighted by Crippen LogP contribution is -1.94. The summed E-state index contributed by atoms with van der Waals surface area (Å²) in [5.74, 6) is 0. The minimum atomic E-state index is 1.20. The number of hydrogen-bond acceptors (Lipinski definition) is 1. The molecule has 2 nitrogen and oxygen atoms in total. The Hall–Kier alpha value is -3.87. The Balaban J connectivity index is 1.57. The molecule has 3 aromatic heterocycles. The van der Waals surface area contributed by atoms with Crippen LogP contribution in [-0.4, -0.2) is 7.35 Å². The van der Waals surface area contributed by atoms with Gasteiger partial charge in [-0.1, -0.05) is 78.9 Å². The number of fused-ring (bicyclic) bond motifs is 13. The molecule has 0 bridgehead atoms. The van der Waals surface area contributed by atoms with Crippen molar-refractivity contribution in [3.05, 3.63) is 115 Å². The lowest BCUT2D eigenvalue weighted by Gasteiger charge is -2.12. The number of nitrogens with zero attached hydrogens (tertiary/aromatic N) is 2. The zero-order valence-electron chi connectivity index (χ0n) is 20.2. The van der Waals surface area contributed by atoms with Crippen LogP contribution in [0.1, 0.15) is 0 Å². The number of aromatic nitrogens is 2. The lowest BCUT2D eigenvalue weighted by molar-refractivity contribution is 1.19. The third-order valence-electron chi connectivity index (χ3n) is 8.00. The first-order valence-corrected chi connectivity index (χ1v) is 14.5. The van der Waals surface area contributed by atoms with Crippen LogP contribution in [0, 0.1) is 0 Å². The molecule has 3 heterocycles.